The molecule has 1 atom stereocenters. The molecule has 7 nitrogen and oxygen atoms in total. The summed E-state index contributed by atoms with van der Waals surface area (Å²) in [6.45, 7) is -0.262. The minimum Gasteiger partial charge on any atom is -0.496 e. The van der Waals surface area contributed by atoms with Crippen LogP contribution in [0, 0.1) is 0 Å². The summed E-state index contributed by atoms with van der Waals surface area (Å²) in [5.41, 5.74) is 6.18. The van der Waals surface area contributed by atoms with Crippen molar-refractivity contribution in [3.05, 3.63) is 24.0 Å². The number of aromatic nitrogens is 2. The van der Waals surface area contributed by atoms with Gasteiger partial charge >= 0.3 is 0 Å². The Hall–Kier alpha value is -2.12. The van der Waals surface area contributed by atoms with Crippen LogP contribution in [0.1, 0.15) is 11.9 Å². The number of nitrogens with zero attached hydrogens (tertiary/aromatic N) is 2. The zero-order valence-electron chi connectivity index (χ0n) is 10.7. The summed E-state index contributed by atoms with van der Waals surface area (Å²) < 4.78 is 15.6. The summed E-state index contributed by atoms with van der Waals surface area (Å²) >= 11 is 0. The number of hydrogen-bond acceptors (Lipinski definition) is 7. The number of rotatable bonds is 5. The molecule has 0 saturated heterocycles. The molecule has 3 N–H and O–H groups in total. The van der Waals surface area contributed by atoms with Crippen LogP contribution in [0.25, 0.3) is 11.5 Å². The van der Waals surface area contributed by atoms with Gasteiger partial charge in [-0.2, -0.15) is 4.98 Å². The molecular weight excluding hydrogens is 250 g/mol. The molecule has 0 aliphatic heterocycles. The number of ether oxygens (including phenoxy) is 2. The predicted molar refractivity (Wildman–Crippen MR) is 66.9 cm³/mol. The van der Waals surface area contributed by atoms with Gasteiger partial charge in [0.05, 0.1) is 26.9 Å². The molecule has 1 heterocycles. The van der Waals surface area contributed by atoms with Gasteiger partial charge in [-0.25, -0.2) is 0 Å². The molecule has 0 aliphatic carbocycles. The number of nitrogens with two attached hydrogens (primary N) is 1. The Kier molecular flexibility index (Phi) is 3.98. The summed E-state index contributed by atoms with van der Waals surface area (Å²) in [6, 6.07) is 4.62. The summed E-state index contributed by atoms with van der Waals surface area (Å²) in [5, 5.41) is 12.7. The smallest absolute Gasteiger partial charge is 0.265 e. The van der Waals surface area contributed by atoms with E-state index in [0.717, 1.165) is 0 Å². The van der Waals surface area contributed by atoms with Gasteiger partial charge < -0.3 is 24.8 Å². The number of methoxy groups -OCH3 is 2. The summed E-state index contributed by atoms with van der Waals surface area (Å²) in [4.78, 5) is 4.15. The van der Waals surface area contributed by atoms with Gasteiger partial charge in [0, 0.05) is 0 Å². The lowest BCUT2D eigenvalue weighted by Crippen LogP contribution is -2.15. The lowest BCUT2D eigenvalue weighted by molar-refractivity contribution is 0.260. The fourth-order valence-corrected chi connectivity index (χ4v) is 1.63. The second-order valence-electron chi connectivity index (χ2n) is 3.78. The lowest BCUT2D eigenvalue weighted by Gasteiger charge is -2.09. The van der Waals surface area contributed by atoms with Crippen molar-refractivity contribution in [1.29, 1.82) is 0 Å². The Morgan fingerprint density at radius 2 is 1.95 bits per heavy atom. The molecule has 2 rings (SSSR count). The molecule has 0 bridgehead atoms. The van der Waals surface area contributed by atoms with Crippen LogP contribution in [0.5, 0.6) is 11.5 Å². The van der Waals surface area contributed by atoms with Gasteiger partial charge in [-0.05, 0) is 12.1 Å². The number of hydrogen-bond donors (Lipinski definition) is 2. The van der Waals surface area contributed by atoms with Gasteiger partial charge in [0.15, 0.2) is 5.82 Å². The van der Waals surface area contributed by atoms with E-state index in [0.29, 0.717) is 17.1 Å². The number of benzene rings is 1. The molecular formula is C12H15N3O4. The van der Waals surface area contributed by atoms with Crippen LogP contribution in [0.3, 0.4) is 0 Å². The summed E-state index contributed by atoms with van der Waals surface area (Å²) in [6.07, 6.45) is 0. The van der Waals surface area contributed by atoms with E-state index in [2.05, 4.69) is 10.1 Å². The van der Waals surface area contributed by atoms with E-state index >= 15 is 0 Å². The maximum Gasteiger partial charge on any atom is 0.265 e. The molecule has 0 saturated carbocycles. The fourth-order valence-electron chi connectivity index (χ4n) is 1.63. The topological polar surface area (TPSA) is 104 Å². The van der Waals surface area contributed by atoms with Crippen molar-refractivity contribution in [3.8, 4) is 23.0 Å². The van der Waals surface area contributed by atoms with Crippen LogP contribution >= 0.6 is 0 Å². The second kappa shape index (κ2) is 5.68. The molecule has 0 spiro atoms. The van der Waals surface area contributed by atoms with E-state index in [1.165, 1.54) is 14.2 Å². The van der Waals surface area contributed by atoms with Crippen molar-refractivity contribution in [3.63, 3.8) is 0 Å². The minimum atomic E-state index is -0.682. The lowest BCUT2D eigenvalue weighted by atomic mass is 10.1. The van der Waals surface area contributed by atoms with Crippen LogP contribution in [0.4, 0.5) is 0 Å². The van der Waals surface area contributed by atoms with Crippen LogP contribution < -0.4 is 15.2 Å². The zero-order chi connectivity index (χ0) is 13.8. The van der Waals surface area contributed by atoms with Crippen LogP contribution in [-0.4, -0.2) is 36.1 Å². The average Bonchev–Trinajstić information content (AvgIpc) is 2.94. The third-order valence-electron chi connectivity index (χ3n) is 2.61. The largest absolute Gasteiger partial charge is 0.496 e. The van der Waals surface area contributed by atoms with E-state index in [-0.39, 0.29) is 18.3 Å². The maximum atomic E-state index is 8.97. The highest BCUT2D eigenvalue weighted by atomic mass is 16.5. The van der Waals surface area contributed by atoms with Crippen molar-refractivity contribution >= 4 is 0 Å². The molecule has 2 aromatic rings. The highest BCUT2D eigenvalue weighted by molar-refractivity contribution is 5.70. The van der Waals surface area contributed by atoms with Crippen LogP contribution in [0.2, 0.25) is 0 Å². The fraction of sp³-hybridized carbons (Fsp3) is 0.333. The molecule has 1 aromatic heterocycles. The molecule has 0 aliphatic rings. The average molecular weight is 265 g/mol. The van der Waals surface area contributed by atoms with Gasteiger partial charge in [-0.15, -0.1) is 0 Å². The van der Waals surface area contributed by atoms with Crippen molar-refractivity contribution < 1.29 is 19.1 Å². The van der Waals surface area contributed by atoms with Crippen molar-refractivity contribution in [1.82, 2.24) is 10.1 Å². The molecule has 102 valence electrons. The Morgan fingerprint density at radius 3 is 2.47 bits per heavy atom. The van der Waals surface area contributed by atoms with Gasteiger partial charge in [0.1, 0.15) is 17.1 Å². The summed E-state index contributed by atoms with van der Waals surface area (Å²) in [5.74, 6) is 1.55. The SMILES string of the molecule is COc1cccc(OC)c1-c1nc(C(N)CO)no1. The maximum absolute atomic E-state index is 8.97. The van der Waals surface area contributed by atoms with E-state index in [4.69, 9.17) is 24.8 Å². The molecule has 1 aromatic carbocycles. The highest BCUT2D eigenvalue weighted by Crippen LogP contribution is 2.37. The first-order valence-corrected chi connectivity index (χ1v) is 5.62. The Labute approximate surface area is 109 Å². The molecule has 7 heteroatoms. The normalized spacial score (nSPS) is 12.2. The molecule has 19 heavy (non-hydrogen) atoms. The van der Waals surface area contributed by atoms with E-state index in [9.17, 15) is 0 Å². The quantitative estimate of drug-likeness (QED) is 0.821. The monoisotopic (exact) mass is 265 g/mol. The van der Waals surface area contributed by atoms with Crippen molar-refractivity contribution in [2.45, 2.75) is 6.04 Å². The predicted octanol–water partition coefficient (Wildman–Crippen LogP) is 0.746. The Bertz CT molecular complexity index is 533. The molecule has 0 fully saturated rings. The van der Waals surface area contributed by atoms with Crippen LogP contribution in [-0.2, 0) is 0 Å². The standard InChI is InChI=1S/C12H15N3O4/c1-17-8-4-3-5-9(18-2)10(8)12-14-11(15-19-12)7(13)6-16/h3-5,7,16H,6,13H2,1-2H3. The Balaban J connectivity index is 2.48. The zero-order valence-corrected chi connectivity index (χ0v) is 10.7. The van der Waals surface area contributed by atoms with Gasteiger partial charge in [-0.3, -0.25) is 0 Å². The minimum absolute atomic E-state index is 0.227. The van der Waals surface area contributed by atoms with Gasteiger partial charge in [0.25, 0.3) is 5.89 Å². The molecule has 1 unspecified atom stereocenters. The first-order chi connectivity index (χ1) is 9.21. The van der Waals surface area contributed by atoms with Gasteiger partial charge in [-0.1, -0.05) is 11.2 Å². The summed E-state index contributed by atoms with van der Waals surface area (Å²) in [7, 11) is 3.07. The van der Waals surface area contributed by atoms with E-state index < -0.39 is 6.04 Å². The Morgan fingerprint density at radius 1 is 1.32 bits per heavy atom. The van der Waals surface area contributed by atoms with Crippen LogP contribution in [0.15, 0.2) is 22.7 Å². The second-order valence-corrected chi connectivity index (χ2v) is 3.78. The third kappa shape index (κ3) is 2.51. The number of aliphatic hydroxyl groups is 1. The van der Waals surface area contributed by atoms with E-state index in [1.54, 1.807) is 18.2 Å². The molecule has 0 amide bonds. The van der Waals surface area contributed by atoms with Crippen molar-refractivity contribution in [2.75, 3.05) is 20.8 Å². The first-order valence-electron chi connectivity index (χ1n) is 5.62. The van der Waals surface area contributed by atoms with Gasteiger partial charge in [0.2, 0.25) is 0 Å². The highest BCUT2D eigenvalue weighted by Gasteiger charge is 2.20. The van der Waals surface area contributed by atoms with E-state index in [1.807, 2.05) is 0 Å². The number of aliphatic hydroxyl groups excluding tert-OH is 1. The van der Waals surface area contributed by atoms with Crippen molar-refractivity contribution in [2.24, 2.45) is 5.73 Å². The molecule has 0 radical (unpaired) electrons. The third-order valence-corrected chi connectivity index (χ3v) is 2.61. The first kappa shape index (κ1) is 13.3.